The maximum Gasteiger partial charge on any atom is 0.238 e. The molecule has 1 rings (SSSR count). The van der Waals surface area contributed by atoms with Crippen molar-refractivity contribution >= 4 is 5.91 Å². The van der Waals surface area contributed by atoms with Gasteiger partial charge in [-0.2, -0.15) is 0 Å². The minimum atomic E-state index is -0.198. The Labute approximate surface area is 122 Å². The van der Waals surface area contributed by atoms with Crippen LogP contribution in [0.4, 0.5) is 0 Å². The monoisotopic (exact) mass is 278 g/mol. The van der Waals surface area contributed by atoms with Gasteiger partial charge in [0, 0.05) is 20.1 Å². The van der Waals surface area contributed by atoms with Gasteiger partial charge in [0.1, 0.15) is 5.75 Å². The Morgan fingerprint density at radius 1 is 1.25 bits per heavy atom. The first-order valence-corrected chi connectivity index (χ1v) is 7.15. The second-order valence-corrected chi connectivity index (χ2v) is 5.26. The van der Waals surface area contributed by atoms with Crippen molar-refractivity contribution in [3.8, 4) is 5.75 Å². The molecule has 4 nitrogen and oxygen atoms in total. The largest absolute Gasteiger partial charge is 0.494 e. The minimum absolute atomic E-state index is 0.0831. The van der Waals surface area contributed by atoms with E-state index in [1.165, 1.54) is 0 Å². The SMILES string of the molecule is CCCOc1ccc(C(C)NC(C)C(=O)N(C)C)cc1. The summed E-state index contributed by atoms with van der Waals surface area (Å²) in [5, 5.41) is 3.31. The topological polar surface area (TPSA) is 41.6 Å². The summed E-state index contributed by atoms with van der Waals surface area (Å²) in [6, 6.07) is 7.94. The number of carbonyl (C=O) groups is 1. The Morgan fingerprint density at radius 3 is 2.35 bits per heavy atom. The number of hydrogen-bond donors (Lipinski definition) is 1. The molecule has 0 fully saturated rings. The molecule has 1 amide bonds. The van der Waals surface area contributed by atoms with Crippen LogP contribution in [-0.2, 0) is 4.79 Å². The Hall–Kier alpha value is -1.55. The third kappa shape index (κ3) is 4.85. The Bertz CT molecular complexity index is 415. The van der Waals surface area contributed by atoms with Crippen LogP contribution in [0.1, 0.15) is 38.8 Å². The molecule has 0 spiro atoms. The highest BCUT2D eigenvalue weighted by Crippen LogP contribution is 2.18. The molecule has 4 heteroatoms. The zero-order valence-electron chi connectivity index (χ0n) is 13.1. The lowest BCUT2D eigenvalue weighted by Crippen LogP contribution is -2.42. The number of likely N-dealkylation sites (N-methyl/N-ethyl adjacent to an activating group) is 1. The highest BCUT2D eigenvalue weighted by molar-refractivity contribution is 5.80. The molecule has 20 heavy (non-hydrogen) atoms. The summed E-state index contributed by atoms with van der Waals surface area (Å²) in [5.41, 5.74) is 1.15. The molecule has 0 heterocycles. The van der Waals surface area contributed by atoms with E-state index in [1.54, 1.807) is 19.0 Å². The van der Waals surface area contributed by atoms with Gasteiger partial charge in [-0.15, -0.1) is 0 Å². The van der Waals surface area contributed by atoms with Gasteiger partial charge < -0.3 is 9.64 Å². The van der Waals surface area contributed by atoms with Gasteiger partial charge in [0.05, 0.1) is 12.6 Å². The normalized spacial score (nSPS) is 13.7. The second kappa shape index (κ2) is 7.90. The lowest BCUT2D eigenvalue weighted by atomic mass is 10.1. The third-order valence-corrected chi connectivity index (χ3v) is 3.16. The molecule has 2 unspecified atom stereocenters. The molecule has 0 aliphatic carbocycles. The number of carbonyl (C=O) groups excluding carboxylic acids is 1. The summed E-state index contributed by atoms with van der Waals surface area (Å²) in [6.45, 7) is 6.77. The van der Waals surface area contributed by atoms with E-state index in [0.29, 0.717) is 0 Å². The van der Waals surface area contributed by atoms with E-state index >= 15 is 0 Å². The molecule has 112 valence electrons. The molecular formula is C16H26N2O2. The average molecular weight is 278 g/mol. The first-order valence-electron chi connectivity index (χ1n) is 7.15. The van der Waals surface area contributed by atoms with Crippen LogP contribution in [-0.4, -0.2) is 37.6 Å². The molecule has 0 aliphatic heterocycles. The van der Waals surface area contributed by atoms with E-state index in [4.69, 9.17) is 4.74 Å². The van der Waals surface area contributed by atoms with Gasteiger partial charge in [-0.25, -0.2) is 0 Å². The summed E-state index contributed by atoms with van der Waals surface area (Å²) >= 11 is 0. The average Bonchev–Trinajstić information content (AvgIpc) is 2.44. The third-order valence-electron chi connectivity index (χ3n) is 3.16. The molecule has 0 radical (unpaired) electrons. The zero-order valence-corrected chi connectivity index (χ0v) is 13.1. The number of nitrogens with zero attached hydrogens (tertiary/aromatic N) is 1. The fraction of sp³-hybridized carbons (Fsp3) is 0.562. The molecular weight excluding hydrogens is 252 g/mol. The van der Waals surface area contributed by atoms with Crippen LogP contribution in [0.15, 0.2) is 24.3 Å². The van der Waals surface area contributed by atoms with Gasteiger partial charge >= 0.3 is 0 Å². The molecule has 2 atom stereocenters. The van der Waals surface area contributed by atoms with Crippen molar-refractivity contribution in [1.82, 2.24) is 10.2 Å². The fourth-order valence-corrected chi connectivity index (χ4v) is 2.00. The van der Waals surface area contributed by atoms with Gasteiger partial charge in [-0.05, 0) is 38.0 Å². The van der Waals surface area contributed by atoms with Crippen LogP contribution in [0.2, 0.25) is 0 Å². The molecule has 0 aliphatic rings. The number of nitrogens with one attached hydrogen (secondary N) is 1. The van der Waals surface area contributed by atoms with Gasteiger partial charge in [-0.1, -0.05) is 19.1 Å². The highest BCUT2D eigenvalue weighted by atomic mass is 16.5. The van der Waals surface area contributed by atoms with Crippen molar-refractivity contribution in [2.45, 2.75) is 39.3 Å². The van der Waals surface area contributed by atoms with Gasteiger partial charge in [0.2, 0.25) is 5.91 Å². The highest BCUT2D eigenvalue weighted by Gasteiger charge is 2.17. The predicted molar refractivity (Wildman–Crippen MR) is 81.9 cm³/mol. The quantitative estimate of drug-likeness (QED) is 0.833. The summed E-state index contributed by atoms with van der Waals surface area (Å²) < 4.78 is 5.56. The van der Waals surface area contributed by atoms with E-state index < -0.39 is 0 Å². The smallest absolute Gasteiger partial charge is 0.238 e. The maximum absolute atomic E-state index is 11.8. The number of hydrogen-bond acceptors (Lipinski definition) is 3. The lowest BCUT2D eigenvalue weighted by molar-refractivity contribution is -0.130. The number of amides is 1. The lowest BCUT2D eigenvalue weighted by Gasteiger charge is -2.22. The van der Waals surface area contributed by atoms with E-state index in [-0.39, 0.29) is 18.0 Å². The van der Waals surface area contributed by atoms with E-state index in [9.17, 15) is 4.79 Å². The van der Waals surface area contributed by atoms with Crippen LogP contribution in [0, 0.1) is 0 Å². The first kappa shape index (κ1) is 16.5. The molecule has 0 bridgehead atoms. The molecule has 0 aromatic heterocycles. The zero-order chi connectivity index (χ0) is 15.1. The minimum Gasteiger partial charge on any atom is -0.494 e. The number of ether oxygens (including phenoxy) is 1. The fourth-order valence-electron chi connectivity index (χ4n) is 2.00. The van der Waals surface area contributed by atoms with Crippen LogP contribution in [0.25, 0.3) is 0 Å². The van der Waals surface area contributed by atoms with E-state index in [2.05, 4.69) is 19.2 Å². The molecule has 0 saturated heterocycles. The summed E-state index contributed by atoms with van der Waals surface area (Å²) in [6.07, 6.45) is 1.00. The molecule has 1 aromatic rings. The Morgan fingerprint density at radius 2 is 1.85 bits per heavy atom. The van der Waals surface area contributed by atoms with Gasteiger partial charge in [0.25, 0.3) is 0 Å². The van der Waals surface area contributed by atoms with Gasteiger partial charge in [0.15, 0.2) is 0 Å². The van der Waals surface area contributed by atoms with E-state index in [0.717, 1.165) is 24.3 Å². The number of benzene rings is 1. The molecule has 1 N–H and O–H groups in total. The predicted octanol–water partition coefficient (Wildman–Crippen LogP) is 2.60. The van der Waals surface area contributed by atoms with Crippen molar-refractivity contribution in [3.63, 3.8) is 0 Å². The van der Waals surface area contributed by atoms with Crippen molar-refractivity contribution in [2.75, 3.05) is 20.7 Å². The Balaban J connectivity index is 2.59. The Kier molecular flexibility index (Phi) is 6.52. The summed E-state index contributed by atoms with van der Waals surface area (Å²) in [4.78, 5) is 13.4. The van der Waals surface area contributed by atoms with Crippen molar-refractivity contribution in [2.24, 2.45) is 0 Å². The molecule has 0 saturated carbocycles. The van der Waals surface area contributed by atoms with Crippen molar-refractivity contribution < 1.29 is 9.53 Å². The number of rotatable bonds is 7. The first-order chi connectivity index (χ1) is 9.45. The summed E-state index contributed by atoms with van der Waals surface area (Å²) in [5.74, 6) is 0.972. The van der Waals surface area contributed by atoms with E-state index in [1.807, 2.05) is 31.2 Å². The standard InChI is InChI=1S/C16H26N2O2/c1-6-11-20-15-9-7-14(8-10-15)12(2)17-13(3)16(19)18(4)5/h7-10,12-13,17H,6,11H2,1-5H3. The second-order valence-electron chi connectivity index (χ2n) is 5.26. The van der Waals surface area contributed by atoms with Crippen molar-refractivity contribution in [3.05, 3.63) is 29.8 Å². The van der Waals surface area contributed by atoms with Crippen LogP contribution in [0.3, 0.4) is 0 Å². The molecule has 1 aromatic carbocycles. The van der Waals surface area contributed by atoms with Crippen LogP contribution >= 0.6 is 0 Å². The van der Waals surface area contributed by atoms with Gasteiger partial charge in [-0.3, -0.25) is 10.1 Å². The van der Waals surface area contributed by atoms with Crippen LogP contribution in [0.5, 0.6) is 5.75 Å². The van der Waals surface area contributed by atoms with Crippen molar-refractivity contribution in [1.29, 1.82) is 0 Å². The summed E-state index contributed by atoms with van der Waals surface area (Å²) in [7, 11) is 3.54. The maximum atomic E-state index is 11.8. The van der Waals surface area contributed by atoms with Crippen LogP contribution < -0.4 is 10.1 Å².